The van der Waals surface area contributed by atoms with Crippen LogP contribution in [-0.4, -0.2) is 33.4 Å². The van der Waals surface area contributed by atoms with Crippen molar-refractivity contribution >= 4 is 10.8 Å². The maximum absolute atomic E-state index is 12.1. The van der Waals surface area contributed by atoms with Crippen LogP contribution in [-0.2, 0) is 28.8 Å². The fourth-order valence-electron chi connectivity index (χ4n) is 3.00. The zero-order chi connectivity index (χ0) is 18.7. The fraction of sp³-hybridized carbons (Fsp3) is 0.250. The number of nitrogens with one attached hydrogen (secondary N) is 1. The number of aromatic amines is 1. The molecule has 1 N–H and O–H groups in total. The van der Waals surface area contributed by atoms with E-state index in [1.165, 1.54) is 0 Å². The summed E-state index contributed by atoms with van der Waals surface area (Å²) in [6, 6.07) is 10.9. The molecule has 0 spiro atoms. The number of fused-ring (bicyclic) bond motifs is 1. The van der Waals surface area contributed by atoms with Crippen LogP contribution < -0.4 is 24.5 Å². The molecule has 0 aliphatic carbocycles. The molecule has 1 heterocycles. The van der Waals surface area contributed by atoms with E-state index < -0.39 is 0 Å². The van der Waals surface area contributed by atoms with E-state index >= 15 is 0 Å². The van der Waals surface area contributed by atoms with Crippen LogP contribution in [0, 0.1) is 0 Å². The predicted molar refractivity (Wildman–Crippen MR) is 100 cm³/mol. The Morgan fingerprint density at radius 3 is 2.00 bits per heavy atom. The molecule has 0 aliphatic heterocycles. The second kappa shape index (κ2) is 8.99. The second-order valence-corrected chi connectivity index (χ2v) is 5.77. The number of ether oxygens (including phenoxy) is 4. The quantitative estimate of drug-likeness (QED) is 0.569. The van der Waals surface area contributed by atoms with Crippen molar-refractivity contribution in [2.45, 2.75) is 6.42 Å². The first kappa shape index (κ1) is 20.9. The Bertz CT molecular complexity index is 1000. The van der Waals surface area contributed by atoms with Gasteiger partial charge in [0.1, 0.15) is 0 Å². The smallest absolute Gasteiger partial charge is 0.493 e. The minimum absolute atomic E-state index is 0. The average Bonchev–Trinajstić information content (AvgIpc) is 2.66. The molecular formula is C20H21AgNO5+. The number of hydrogen-bond donors (Lipinski definition) is 1. The van der Waals surface area contributed by atoms with E-state index in [0.29, 0.717) is 29.4 Å². The third kappa shape index (κ3) is 4.30. The van der Waals surface area contributed by atoms with Crippen molar-refractivity contribution in [2.24, 2.45) is 0 Å². The first-order valence-electron chi connectivity index (χ1n) is 8.08. The summed E-state index contributed by atoms with van der Waals surface area (Å²) < 4.78 is 21.4. The van der Waals surface area contributed by atoms with Gasteiger partial charge in [-0.05, 0) is 35.2 Å². The zero-order valence-electron chi connectivity index (χ0n) is 15.5. The maximum Gasteiger partial charge on any atom is 1.00 e. The third-order valence-corrected chi connectivity index (χ3v) is 4.27. The molecular weight excluding hydrogens is 442 g/mol. The first-order valence-corrected chi connectivity index (χ1v) is 8.08. The van der Waals surface area contributed by atoms with Gasteiger partial charge in [-0.3, -0.25) is 4.79 Å². The van der Waals surface area contributed by atoms with Gasteiger partial charge in [-0.1, -0.05) is 6.07 Å². The van der Waals surface area contributed by atoms with Gasteiger partial charge in [0.15, 0.2) is 23.0 Å². The van der Waals surface area contributed by atoms with Crippen LogP contribution in [0.15, 0.2) is 41.2 Å². The molecule has 0 saturated heterocycles. The zero-order valence-corrected chi connectivity index (χ0v) is 17.0. The summed E-state index contributed by atoms with van der Waals surface area (Å²) in [5.74, 6) is 2.50. The van der Waals surface area contributed by atoms with Crippen molar-refractivity contribution in [3.05, 3.63) is 58.0 Å². The molecule has 2 aromatic carbocycles. The number of rotatable bonds is 6. The fourth-order valence-corrected chi connectivity index (χ4v) is 3.00. The standard InChI is InChI=1S/C20H21NO5.Ag/c1-23-16-6-5-12(8-17(16)24-2)7-15-14-11-19(26-4)18(25-3)9-13(14)10-20(22)21-15;/h5-6,8-11H,7H2,1-4H3,(H,21,22);/q;+1. The molecule has 0 bridgehead atoms. The van der Waals surface area contributed by atoms with Gasteiger partial charge in [-0.2, -0.15) is 0 Å². The number of aromatic nitrogens is 1. The van der Waals surface area contributed by atoms with Crippen LogP contribution in [0.3, 0.4) is 0 Å². The largest absolute Gasteiger partial charge is 1.00 e. The van der Waals surface area contributed by atoms with Crippen LogP contribution in [0.2, 0.25) is 0 Å². The molecule has 0 atom stereocenters. The molecule has 0 unspecified atom stereocenters. The van der Waals surface area contributed by atoms with E-state index in [9.17, 15) is 4.79 Å². The van der Waals surface area contributed by atoms with Gasteiger partial charge in [-0.15, -0.1) is 0 Å². The summed E-state index contributed by atoms with van der Waals surface area (Å²) in [6.45, 7) is 0. The number of H-pyrrole nitrogens is 1. The second-order valence-electron chi connectivity index (χ2n) is 5.77. The first-order chi connectivity index (χ1) is 12.6. The summed E-state index contributed by atoms with van der Waals surface area (Å²) >= 11 is 0. The SMILES string of the molecule is COc1ccc(Cc2[nH]c(=O)cc3cc(OC)c(OC)cc23)cc1OC.[Ag+]. The Morgan fingerprint density at radius 2 is 1.37 bits per heavy atom. The van der Waals surface area contributed by atoms with E-state index in [1.54, 1.807) is 34.5 Å². The van der Waals surface area contributed by atoms with Crippen LogP contribution in [0.5, 0.6) is 23.0 Å². The van der Waals surface area contributed by atoms with Gasteiger partial charge in [-0.25, -0.2) is 0 Å². The Labute approximate surface area is 172 Å². The van der Waals surface area contributed by atoms with Crippen LogP contribution >= 0.6 is 0 Å². The van der Waals surface area contributed by atoms with Crippen molar-refractivity contribution < 1.29 is 41.3 Å². The van der Waals surface area contributed by atoms with Gasteiger partial charge in [0.25, 0.3) is 0 Å². The summed E-state index contributed by atoms with van der Waals surface area (Å²) in [7, 11) is 6.35. The minimum Gasteiger partial charge on any atom is -0.493 e. The number of pyridine rings is 1. The van der Waals surface area contributed by atoms with Crippen LogP contribution in [0.1, 0.15) is 11.3 Å². The van der Waals surface area contributed by atoms with Gasteiger partial charge >= 0.3 is 22.4 Å². The number of hydrogen-bond acceptors (Lipinski definition) is 5. The van der Waals surface area contributed by atoms with Crippen molar-refractivity contribution in [1.29, 1.82) is 0 Å². The Kier molecular flexibility index (Phi) is 6.96. The van der Waals surface area contributed by atoms with Crippen molar-refractivity contribution in [1.82, 2.24) is 4.98 Å². The predicted octanol–water partition coefficient (Wildman–Crippen LogP) is 3.15. The minimum atomic E-state index is -0.166. The Morgan fingerprint density at radius 1 is 0.778 bits per heavy atom. The molecule has 0 radical (unpaired) electrons. The molecule has 6 nitrogen and oxygen atoms in total. The van der Waals surface area contributed by atoms with Gasteiger partial charge in [0, 0.05) is 23.6 Å². The average molecular weight is 463 g/mol. The number of methoxy groups -OCH3 is 4. The number of benzene rings is 2. The van der Waals surface area contributed by atoms with Crippen molar-refractivity contribution in [2.75, 3.05) is 28.4 Å². The van der Waals surface area contributed by atoms with Crippen LogP contribution in [0.4, 0.5) is 0 Å². The molecule has 1 aromatic heterocycles. The van der Waals surface area contributed by atoms with E-state index in [0.717, 1.165) is 22.0 Å². The monoisotopic (exact) mass is 462 g/mol. The Hall–Kier alpha value is -2.41. The summed E-state index contributed by atoms with van der Waals surface area (Å²) in [6.07, 6.45) is 0.530. The molecule has 0 amide bonds. The molecule has 0 aliphatic rings. The molecule has 0 saturated carbocycles. The normalized spacial score (nSPS) is 10.2. The summed E-state index contributed by atoms with van der Waals surface area (Å²) in [5.41, 5.74) is 1.61. The summed E-state index contributed by atoms with van der Waals surface area (Å²) in [5, 5.41) is 1.69. The summed E-state index contributed by atoms with van der Waals surface area (Å²) in [4.78, 5) is 15.0. The van der Waals surface area contributed by atoms with E-state index in [4.69, 9.17) is 18.9 Å². The molecule has 3 aromatic rings. The molecule has 3 rings (SSSR count). The van der Waals surface area contributed by atoms with Crippen molar-refractivity contribution in [3.8, 4) is 23.0 Å². The third-order valence-electron chi connectivity index (χ3n) is 4.27. The molecule has 0 fully saturated rings. The topological polar surface area (TPSA) is 69.8 Å². The molecule has 146 valence electrons. The van der Waals surface area contributed by atoms with E-state index in [-0.39, 0.29) is 27.9 Å². The Balaban J connectivity index is 0.00000261. The molecule has 7 heteroatoms. The molecule has 27 heavy (non-hydrogen) atoms. The van der Waals surface area contributed by atoms with E-state index in [2.05, 4.69) is 4.98 Å². The maximum atomic E-state index is 12.1. The van der Waals surface area contributed by atoms with E-state index in [1.807, 2.05) is 30.3 Å². The van der Waals surface area contributed by atoms with Crippen molar-refractivity contribution in [3.63, 3.8) is 0 Å². The van der Waals surface area contributed by atoms with Crippen LogP contribution in [0.25, 0.3) is 10.8 Å². The van der Waals surface area contributed by atoms with Gasteiger partial charge in [0.05, 0.1) is 28.4 Å². The van der Waals surface area contributed by atoms with Gasteiger partial charge < -0.3 is 23.9 Å². The van der Waals surface area contributed by atoms with Gasteiger partial charge in [0.2, 0.25) is 5.56 Å².